The van der Waals surface area contributed by atoms with E-state index in [2.05, 4.69) is 11.9 Å². The third-order valence-corrected chi connectivity index (χ3v) is 2.62. The Morgan fingerprint density at radius 2 is 2.29 bits per heavy atom. The fourth-order valence-corrected chi connectivity index (χ4v) is 1.57. The Morgan fingerprint density at radius 3 is 2.94 bits per heavy atom. The zero-order valence-corrected chi connectivity index (χ0v) is 10.3. The lowest BCUT2D eigenvalue weighted by atomic mass is 10.1. The molecule has 4 heteroatoms. The van der Waals surface area contributed by atoms with Crippen LogP contribution in [0.3, 0.4) is 0 Å². The molecule has 4 nitrogen and oxygen atoms in total. The normalized spacial score (nSPS) is 9.71. The Morgan fingerprint density at radius 1 is 1.53 bits per heavy atom. The minimum absolute atomic E-state index is 0.134. The van der Waals surface area contributed by atoms with Crippen molar-refractivity contribution in [3.05, 3.63) is 29.6 Å². The van der Waals surface area contributed by atoms with Gasteiger partial charge in [-0.05, 0) is 12.5 Å². The van der Waals surface area contributed by atoms with Crippen LogP contribution in [0.15, 0.2) is 18.5 Å². The topological polar surface area (TPSA) is 57.0 Å². The Labute approximate surface area is 102 Å². The summed E-state index contributed by atoms with van der Waals surface area (Å²) >= 11 is 0. The maximum Gasteiger partial charge on any atom is 0.256 e. The highest BCUT2D eigenvalue weighted by Crippen LogP contribution is 2.09. The van der Waals surface area contributed by atoms with Crippen LogP contribution >= 0.6 is 0 Å². The highest BCUT2D eigenvalue weighted by Gasteiger charge is 2.15. The predicted molar refractivity (Wildman–Crippen MR) is 65.4 cm³/mol. The van der Waals surface area contributed by atoms with Crippen LogP contribution in [0.4, 0.5) is 0 Å². The van der Waals surface area contributed by atoms with E-state index in [0.29, 0.717) is 17.7 Å². The summed E-state index contributed by atoms with van der Waals surface area (Å²) in [6.45, 7) is 2.84. The number of unbranched alkanes of at least 4 members (excludes halogenated alkanes) is 2. The summed E-state index contributed by atoms with van der Waals surface area (Å²) < 4.78 is 0. The Balaban J connectivity index is 2.72. The van der Waals surface area contributed by atoms with E-state index >= 15 is 0 Å². The first-order chi connectivity index (χ1) is 8.20. The zero-order valence-electron chi connectivity index (χ0n) is 10.3. The van der Waals surface area contributed by atoms with Crippen molar-refractivity contribution in [3.63, 3.8) is 0 Å². The number of nitrogens with zero attached hydrogens (tertiary/aromatic N) is 3. The van der Waals surface area contributed by atoms with Gasteiger partial charge in [-0.3, -0.25) is 9.78 Å². The summed E-state index contributed by atoms with van der Waals surface area (Å²) in [6.07, 6.45) is 6.19. The van der Waals surface area contributed by atoms with Crippen molar-refractivity contribution < 1.29 is 4.79 Å². The highest BCUT2D eigenvalue weighted by atomic mass is 16.2. The van der Waals surface area contributed by atoms with Gasteiger partial charge in [-0.15, -0.1) is 0 Å². The van der Waals surface area contributed by atoms with E-state index < -0.39 is 0 Å². The van der Waals surface area contributed by atoms with E-state index in [4.69, 9.17) is 5.26 Å². The van der Waals surface area contributed by atoms with Crippen molar-refractivity contribution in [1.29, 1.82) is 5.26 Å². The molecule has 17 heavy (non-hydrogen) atoms. The van der Waals surface area contributed by atoms with E-state index in [9.17, 15) is 4.79 Å². The average Bonchev–Trinajstić information content (AvgIpc) is 2.38. The van der Waals surface area contributed by atoms with Crippen molar-refractivity contribution in [1.82, 2.24) is 9.88 Å². The second kappa shape index (κ2) is 6.64. The second-order valence-electron chi connectivity index (χ2n) is 3.97. The monoisotopic (exact) mass is 231 g/mol. The summed E-state index contributed by atoms with van der Waals surface area (Å²) in [6, 6.07) is 3.57. The molecule has 0 aliphatic carbocycles. The molecule has 0 saturated carbocycles. The molecule has 0 atom stereocenters. The molecule has 1 aromatic rings. The minimum atomic E-state index is -0.134. The van der Waals surface area contributed by atoms with Gasteiger partial charge in [-0.1, -0.05) is 19.8 Å². The van der Waals surface area contributed by atoms with Gasteiger partial charge in [0, 0.05) is 26.0 Å². The first-order valence-corrected chi connectivity index (χ1v) is 5.80. The van der Waals surface area contributed by atoms with Crippen LogP contribution in [0.25, 0.3) is 0 Å². The maximum atomic E-state index is 12.1. The maximum absolute atomic E-state index is 12.1. The van der Waals surface area contributed by atoms with E-state index in [1.165, 1.54) is 12.4 Å². The molecule has 0 aliphatic heterocycles. The SMILES string of the molecule is CCCCCN(C)C(=O)c1cnccc1C#N. The van der Waals surface area contributed by atoms with Gasteiger partial charge in [0.25, 0.3) is 5.91 Å². The fraction of sp³-hybridized carbons (Fsp3) is 0.462. The highest BCUT2D eigenvalue weighted by molar-refractivity contribution is 5.96. The molecule has 0 aliphatic rings. The van der Waals surface area contributed by atoms with Crippen LogP contribution in [0, 0.1) is 11.3 Å². The fourth-order valence-electron chi connectivity index (χ4n) is 1.57. The van der Waals surface area contributed by atoms with Gasteiger partial charge in [-0.2, -0.15) is 5.26 Å². The molecule has 0 fully saturated rings. The molecule has 0 aromatic carbocycles. The molecule has 1 heterocycles. The molecule has 1 rings (SSSR count). The van der Waals surface area contributed by atoms with E-state index in [-0.39, 0.29) is 5.91 Å². The number of carbonyl (C=O) groups excluding carboxylic acids is 1. The summed E-state index contributed by atoms with van der Waals surface area (Å²) in [7, 11) is 1.76. The van der Waals surface area contributed by atoms with Crippen LogP contribution in [-0.2, 0) is 0 Å². The van der Waals surface area contributed by atoms with Gasteiger partial charge < -0.3 is 4.90 Å². The van der Waals surface area contributed by atoms with E-state index in [1.54, 1.807) is 18.0 Å². The molecular formula is C13H17N3O. The number of aromatic nitrogens is 1. The van der Waals surface area contributed by atoms with E-state index in [1.807, 2.05) is 6.07 Å². The smallest absolute Gasteiger partial charge is 0.256 e. The zero-order chi connectivity index (χ0) is 12.7. The predicted octanol–water partition coefficient (Wildman–Crippen LogP) is 2.22. The molecule has 90 valence electrons. The van der Waals surface area contributed by atoms with Gasteiger partial charge in [0.15, 0.2) is 0 Å². The largest absolute Gasteiger partial charge is 0.342 e. The Bertz CT molecular complexity index is 423. The van der Waals surface area contributed by atoms with Gasteiger partial charge in [-0.25, -0.2) is 0 Å². The molecule has 1 aromatic heterocycles. The lowest BCUT2D eigenvalue weighted by molar-refractivity contribution is 0.0792. The minimum Gasteiger partial charge on any atom is -0.342 e. The number of pyridine rings is 1. The number of amides is 1. The molecular weight excluding hydrogens is 214 g/mol. The van der Waals surface area contributed by atoms with Crippen molar-refractivity contribution in [2.45, 2.75) is 26.2 Å². The summed E-state index contributed by atoms with van der Waals surface area (Å²) in [4.78, 5) is 17.6. The lowest BCUT2D eigenvalue weighted by Gasteiger charge is -2.17. The van der Waals surface area contributed by atoms with Crippen LogP contribution in [-0.4, -0.2) is 29.4 Å². The third-order valence-electron chi connectivity index (χ3n) is 2.62. The third kappa shape index (κ3) is 3.56. The summed E-state index contributed by atoms with van der Waals surface area (Å²) in [5.74, 6) is -0.134. The van der Waals surface area contributed by atoms with Crippen molar-refractivity contribution in [3.8, 4) is 6.07 Å². The van der Waals surface area contributed by atoms with Crippen LogP contribution in [0.5, 0.6) is 0 Å². The molecule has 1 amide bonds. The molecule has 0 saturated heterocycles. The Kier molecular flexibility index (Phi) is 5.15. The molecule has 0 unspecified atom stereocenters. The Hall–Kier alpha value is -1.89. The number of nitriles is 1. The quantitative estimate of drug-likeness (QED) is 0.730. The first-order valence-electron chi connectivity index (χ1n) is 5.80. The molecule has 0 radical (unpaired) electrons. The molecule has 0 spiro atoms. The summed E-state index contributed by atoms with van der Waals surface area (Å²) in [5.41, 5.74) is 0.765. The molecule has 0 N–H and O–H groups in total. The van der Waals surface area contributed by atoms with Gasteiger partial charge in [0.2, 0.25) is 0 Å². The van der Waals surface area contributed by atoms with Gasteiger partial charge in [0.05, 0.1) is 11.1 Å². The summed E-state index contributed by atoms with van der Waals surface area (Å²) in [5, 5.41) is 8.91. The van der Waals surface area contributed by atoms with Gasteiger partial charge in [0.1, 0.15) is 6.07 Å². The number of rotatable bonds is 5. The molecule has 0 bridgehead atoms. The number of carbonyl (C=O) groups is 1. The van der Waals surface area contributed by atoms with Crippen LogP contribution in [0.1, 0.15) is 42.1 Å². The van der Waals surface area contributed by atoms with Crippen LogP contribution < -0.4 is 0 Å². The van der Waals surface area contributed by atoms with Crippen molar-refractivity contribution >= 4 is 5.91 Å². The standard InChI is InChI=1S/C13H17N3O/c1-3-4-5-8-16(2)13(17)12-10-15-7-6-11(12)9-14/h6-7,10H,3-5,8H2,1-2H3. The van der Waals surface area contributed by atoms with Crippen molar-refractivity contribution in [2.24, 2.45) is 0 Å². The number of hydrogen-bond acceptors (Lipinski definition) is 3. The van der Waals surface area contributed by atoms with E-state index in [0.717, 1.165) is 19.3 Å². The van der Waals surface area contributed by atoms with Crippen LogP contribution in [0.2, 0.25) is 0 Å². The average molecular weight is 231 g/mol. The lowest BCUT2D eigenvalue weighted by Crippen LogP contribution is -2.28. The number of hydrogen-bond donors (Lipinski definition) is 0. The van der Waals surface area contributed by atoms with Gasteiger partial charge >= 0.3 is 0 Å². The first kappa shape index (κ1) is 13.2. The van der Waals surface area contributed by atoms with Crippen molar-refractivity contribution in [2.75, 3.05) is 13.6 Å². The second-order valence-corrected chi connectivity index (χ2v) is 3.97.